The highest BCUT2D eigenvalue weighted by atomic mass is 32.2. The lowest BCUT2D eigenvalue weighted by Crippen LogP contribution is -2.44. The summed E-state index contributed by atoms with van der Waals surface area (Å²) in [7, 11) is -5.65. The lowest BCUT2D eigenvalue weighted by Gasteiger charge is -2.37. The Hall–Kier alpha value is -2.12. The van der Waals surface area contributed by atoms with Crippen molar-refractivity contribution in [3.8, 4) is 5.75 Å². The molecule has 0 radical (unpaired) electrons. The fourth-order valence-corrected chi connectivity index (χ4v) is 4.87. The average Bonchev–Trinajstić information content (AvgIpc) is 3.03. The smallest absolute Gasteiger partial charge is 0.276 e. The van der Waals surface area contributed by atoms with Crippen LogP contribution in [-0.4, -0.2) is 22.4 Å². The fraction of sp³-hybridized carbons (Fsp3) is 0.409. The zero-order valence-corrected chi connectivity index (χ0v) is 19.9. The van der Waals surface area contributed by atoms with Crippen LogP contribution < -0.4 is 9.26 Å². The molecular formula is C22H30N2O3SSi. The van der Waals surface area contributed by atoms with E-state index in [-0.39, 0.29) is 9.93 Å². The van der Waals surface area contributed by atoms with Crippen molar-refractivity contribution in [3.05, 3.63) is 59.2 Å². The molecule has 0 unspecified atom stereocenters. The van der Waals surface area contributed by atoms with Gasteiger partial charge < -0.3 is 4.43 Å². The minimum Gasteiger partial charge on any atom is -0.543 e. The summed E-state index contributed by atoms with van der Waals surface area (Å²) in [6.45, 7) is 13.0. The molecule has 0 saturated heterocycles. The molecule has 0 heterocycles. The molecule has 5 nitrogen and oxygen atoms in total. The molecular weight excluding hydrogens is 400 g/mol. The van der Waals surface area contributed by atoms with Crippen molar-refractivity contribution in [2.75, 3.05) is 0 Å². The van der Waals surface area contributed by atoms with Crippen LogP contribution >= 0.6 is 0 Å². The van der Waals surface area contributed by atoms with Gasteiger partial charge in [-0.05, 0) is 56.1 Å². The van der Waals surface area contributed by atoms with Crippen molar-refractivity contribution in [1.82, 2.24) is 4.83 Å². The Morgan fingerprint density at radius 1 is 1.03 bits per heavy atom. The van der Waals surface area contributed by atoms with Crippen LogP contribution in [0.4, 0.5) is 0 Å². The van der Waals surface area contributed by atoms with Gasteiger partial charge in [-0.1, -0.05) is 50.6 Å². The molecule has 2 aromatic rings. The van der Waals surface area contributed by atoms with Crippen LogP contribution in [0, 0.1) is 6.92 Å². The third-order valence-electron chi connectivity index (χ3n) is 5.86. The van der Waals surface area contributed by atoms with Gasteiger partial charge in [0.05, 0.1) is 10.6 Å². The lowest BCUT2D eigenvalue weighted by molar-refractivity contribution is 0.488. The molecule has 0 amide bonds. The lowest BCUT2D eigenvalue weighted by atomic mass is 10.1. The van der Waals surface area contributed by atoms with Crippen molar-refractivity contribution in [2.45, 2.75) is 63.6 Å². The van der Waals surface area contributed by atoms with Crippen molar-refractivity contribution in [1.29, 1.82) is 0 Å². The van der Waals surface area contributed by atoms with E-state index >= 15 is 0 Å². The van der Waals surface area contributed by atoms with Crippen LogP contribution in [-0.2, 0) is 16.4 Å². The number of hydrogen-bond acceptors (Lipinski definition) is 4. The fourth-order valence-electron chi connectivity index (χ4n) is 3.00. The molecule has 29 heavy (non-hydrogen) atoms. The largest absolute Gasteiger partial charge is 0.543 e. The van der Waals surface area contributed by atoms with Crippen LogP contribution in [0.5, 0.6) is 5.75 Å². The summed E-state index contributed by atoms with van der Waals surface area (Å²) in [6.07, 6.45) is 1.48. The van der Waals surface area contributed by atoms with Crippen molar-refractivity contribution in [3.63, 3.8) is 0 Å². The standard InChI is InChI=1S/C22H30N2O3SSi/c1-16-10-12-17(13-11-16)28(25,26)24-23-20-15-14-19-18(20)8-7-9-21(19)27-29(5,6)22(2,3)4/h7-13,24H,14-15H2,1-6H3/b23-20-. The summed E-state index contributed by atoms with van der Waals surface area (Å²) in [4.78, 5) is 2.61. The Balaban J connectivity index is 1.85. The molecule has 1 aliphatic carbocycles. The average molecular weight is 431 g/mol. The van der Waals surface area contributed by atoms with E-state index in [4.69, 9.17) is 4.43 Å². The number of hydrazone groups is 1. The Bertz CT molecular complexity index is 1040. The second kappa shape index (κ2) is 7.61. The van der Waals surface area contributed by atoms with Gasteiger partial charge in [0.2, 0.25) is 8.32 Å². The predicted octanol–water partition coefficient (Wildman–Crippen LogP) is 5.01. The summed E-state index contributed by atoms with van der Waals surface area (Å²) < 4.78 is 31.6. The zero-order chi connectivity index (χ0) is 21.4. The van der Waals surface area contributed by atoms with E-state index in [2.05, 4.69) is 43.8 Å². The van der Waals surface area contributed by atoms with Gasteiger partial charge in [0.1, 0.15) is 5.75 Å². The van der Waals surface area contributed by atoms with Crippen LogP contribution in [0.25, 0.3) is 0 Å². The molecule has 0 bridgehead atoms. The summed E-state index contributed by atoms with van der Waals surface area (Å²) in [5, 5.41) is 4.36. The number of hydrogen-bond donors (Lipinski definition) is 1. The number of rotatable bonds is 5. The highest BCUT2D eigenvalue weighted by Crippen LogP contribution is 2.40. The van der Waals surface area contributed by atoms with Gasteiger partial charge >= 0.3 is 0 Å². The molecule has 0 aliphatic heterocycles. The summed E-state index contributed by atoms with van der Waals surface area (Å²) in [5.41, 5.74) is 3.84. The Morgan fingerprint density at radius 3 is 2.31 bits per heavy atom. The molecule has 7 heteroatoms. The van der Waals surface area contributed by atoms with E-state index in [0.29, 0.717) is 6.42 Å². The molecule has 0 atom stereocenters. The van der Waals surface area contributed by atoms with E-state index in [0.717, 1.165) is 34.6 Å². The Labute approximate surface area is 175 Å². The van der Waals surface area contributed by atoms with Gasteiger partial charge in [-0.15, -0.1) is 0 Å². The van der Waals surface area contributed by atoms with E-state index in [1.54, 1.807) is 24.3 Å². The van der Waals surface area contributed by atoms with Gasteiger partial charge in [-0.25, -0.2) is 0 Å². The Kier molecular flexibility index (Phi) is 5.66. The number of sulfonamides is 1. The molecule has 1 aliphatic rings. The third kappa shape index (κ3) is 4.56. The van der Waals surface area contributed by atoms with E-state index in [1.807, 2.05) is 25.1 Å². The van der Waals surface area contributed by atoms with Gasteiger partial charge in [0, 0.05) is 11.1 Å². The van der Waals surface area contributed by atoms with Crippen LogP contribution in [0.15, 0.2) is 52.5 Å². The quantitative estimate of drug-likeness (QED) is 0.536. The molecule has 0 saturated carbocycles. The minimum absolute atomic E-state index is 0.106. The minimum atomic E-state index is -3.69. The van der Waals surface area contributed by atoms with Crippen molar-refractivity contribution in [2.24, 2.45) is 5.10 Å². The zero-order valence-electron chi connectivity index (χ0n) is 18.0. The first-order valence-electron chi connectivity index (χ1n) is 9.87. The number of fused-ring (bicyclic) bond motifs is 1. The van der Waals surface area contributed by atoms with Gasteiger partial charge in [-0.2, -0.15) is 18.4 Å². The van der Waals surface area contributed by atoms with Gasteiger partial charge in [-0.3, -0.25) is 0 Å². The topological polar surface area (TPSA) is 67.8 Å². The van der Waals surface area contributed by atoms with Crippen molar-refractivity contribution >= 4 is 24.1 Å². The first-order valence-corrected chi connectivity index (χ1v) is 14.3. The van der Waals surface area contributed by atoms with E-state index in [1.165, 1.54) is 0 Å². The number of benzene rings is 2. The third-order valence-corrected chi connectivity index (χ3v) is 11.4. The summed E-state index contributed by atoms with van der Waals surface area (Å²) >= 11 is 0. The summed E-state index contributed by atoms with van der Waals surface area (Å²) in [6, 6.07) is 12.7. The SMILES string of the molecule is Cc1ccc(S(=O)(=O)N/N=C2/CCc3c(O[Si](C)(C)C(C)(C)C)cccc32)cc1. The van der Waals surface area contributed by atoms with E-state index in [9.17, 15) is 8.42 Å². The molecule has 156 valence electrons. The predicted molar refractivity (Wildman–Crippen MR) is 121 cm³/mol. The molecule has 2 aromatic carbocycles. The number of aryl methyl sites for hydroxylation is 1. The van der Waals surface area contributed by atoms with Gasteiger partial charge in [0.25, 0.3) is 10.0 Å². The molecule has 0 fully saturated rings. The number of nitrogens with one attached hydrogen (secondary N) is 1. The monoisotopic (exact) mass is 430 g/mol. The maximum atomic E-state index is 12.5. The molecule has 1 N–H and O–H groups in total. The Morgan fingerprint density at radius 2 is 1.69 bits per heavy atom. The highest BCUT2D eigenvalue weighted by Gasteiger charge is 2.39. The second-order valence-corrected chi connectivity index (χ2v) is 15.5. The molecule has 3 rings (SSSR count). The number of nitrogens with zero attached hydrogens (tertiary/aromatic N) is 1. The maximum absolute atomic E-state index is 12.5. The second-order valence-electron chi connectivity index (χ2n) is 9.11. The molecule has 0 aromatic heterocycles. The van der Waals surface area contributed by atoms with Crippen LogP contribution in [0.3, 0.4) is 0 Å². The van der Waals surface area contributed by atoms with Crippen molar-refractivity contribution < 1.29 is 12.8 Å². The van der Waals surface area contributed by atoms with Gasteiger partial charge in [0.15, 0.2) is 0 Å². The highest BCUT2D eigenvalue weighted by molar-refractivity contribution is 7.89. The summed E-state index contributed by atoms with van der Waals surface area (Å²) in [5.74, 6) is 0.903. The first kappa shape index (κ1) is 21.6. The maximum Gasteiger partial charge on any atom is 0.276 e. The van der Waals surface area contributed by atoms with Crippen LogP contribution in [0.1, 0.15) is 43.9 Å². The van der Waals surface area contributed by atoms with Crippen LogP contribution in [0.2, 0.25) is 18.1 Å². The van der Waals surface area contributed by atoms with E-state index < -0.39 is 18.3 Å². The first-order chi connectivity index (χ1) is 13.4. The normalized spacial score (nSPS) is 16.0. The molecule has 0 spiro atoms.